The second kappa shape index (κ2) is 7.53. The number of amides is 1. The molecule has 1 aromatic carbocycles. The zero-order valence-electron chi connectivity index (χ0n) is 12.4. The summed E-state index contributed by atoms with van der Waals surface area (Å²) in [7, 11) is 0. The molecule has 4 nitrogen and oxygen atoms in total. The van der Waals surface area contributed by atoms with Crippen molar-refractivity contribution in [1.29, 1.82) is 0 Å². The Kier molecular flexibility index (Phi) is 5.20. The molecule has 1 aromatic heterocycles. The van der Waals surface area contributed by atoms with E-state index in [2.05, 4.69) is 5.32 Å². The summed E-state index contributed by atoms with van der Waals surface area (Å²) in [5.41, 5.74) is 0.872. The quantitative estimate of drug-likeness (QED) is 0.852. The Morgan fingerprint density at radius 3 is 3.04 bits per heavy atom. The van der Waals surface area contributed by atoms with Crippen molar-refractivity contribution in [3.63, 3.8) is 0 Å². The number of carbonyl (C=O) groups excluding carboxylic acids is 1. The Morgan fingerprint density at radius 2 is 2.22 bits per heavy atom. The van der Waals surface area contributed by atoms with Crippen LogP contribution in [0.2, 0.25) is 5.02 Å². The van der Waals surface area contributed by atoms with Crippen molar-refractivity contribution in [2.75, 3.05) is 13.2 Å². The van der Waals surface area contributed by atoms with Gasteiger partial charge in [0.25, 0.3) is 0 Å². The van der Waals surface area contributed by atoms with Gasteiger partial charge in [-0.15, -0.1) is 11.3 Å². The Labute approximate surface area is 143 Å². The molecule has 0 atom stereocenters. The van der Waals surface area contributed by atoms with Crippen LogP contribution in [0.3, 0.4) is 0 Å². The molecule has 1 amide bonds. The van der Waals surface area contributed by atoms with Crippen molar-refractivity contribution in [2.24, 2.45) is 0 Å². The van der Waals surface area contributed by atoms with E-state index in [-0.39, 0.29) is 5.91 Å². The number of halogens is 1. The maximum absolute atomic E-state index is 11.9. The maximum Gasteiger partial charge on any atom is 0.244 e. The van der Waals surface area contributed by atoms with Gasteiger partial charge in [-0.3, -0.25) is 4.79 Å². The summed E-state index contributed by atoms with van der Waals surface area (Å²) in [6.07, 6.45) is 4.14. The van der Waals surface area contributed by atoms with Gasteiger partial charge in [-0.1, -0.05) is 17.7 Å². The van der Waals surface area contributed by atoms with Crippen molar-refractivity contribution in [3.8, 4) is 11.5 Å². The summed E-state index contributed by atoms with van der Waals surface area (Å²) in [4.78, 5) is 12.9. The molecule has 23 heavy (non-hydrogen) atoms. The van der Waals surface area contributed by atoms with E-state index in [1.54, 1.807) is 23.5 Å². The van der Waals surface area contributed by atoms with Gasteiger partial charge in [-0.2, -0.15) is 0 Å². The maximum atomic E-state index is 11.9. The number of carbonyl (C=O) groups is 1. The molecule has 0 radical (unpaired) electrons. The third-order valence-corrected chi connectivity index (χ3v) is 4.39. The molecule has 1 N–H and O–H groups in total. The van der Waals surface area contributed by atoms with E-state index >= 15 is 0 Å². The first kappa shape index (κ1) is 15.9. The van der Waals surface area contributed by atoms with Crippen molar-refractivity contribution in [2.45, 2.75) is 13.0 Å². The normalized spacial score (nSPS) is 13.8. The lowest BCUT2D eigenvalue weighted by molar-refractivity contribution is -0.116. The summed E-state index contributed by atoms with van der Waals surface area (Å²) in [5, 5.41) is 5.31. The number of nitrogens with one attached hydrogen (secondary N) is 1. The van der Waals surface area contributed by atoms with Gasteiger partial charge in [0, 0.05) is 23.9 Å². The zero-order valence-corrected chi connectivity index (χ0v) is 14.0. The Balaban J connectivity index is 1.63. The summed E-state index contributed by atoms with van der Waals surface area (Å²) < 4.78 is 11.2. The summed E-state index contributed by atoms with van der Waals surface area (Å²) >= 11 is 7.82. The van der Waals surface area contributed by atoms with Crippen LogP contribution >= 0.6 is 22.9 Å². The van der Waals surface area contributed by atoms with Gasteiger partial charge in [0.1, 0.15) is 0 Å². The first-order valence-corrected chi connectivity index (χ1v) is 8.55. The van der Waals surface area contributed by atoms with E-state index in [1.807, 2.05) is 23.6 Å². The zero-order chi connectivity index (χ0) is 16.1. The predicted molar refractivity (Wildman–Crippen MR) is 92.3 cm³/mol. The average Bonchev–Trinajstić information content (AvgIpc) is 2.95. The van der Waals surface area contributed by atoms with Gasteiger partial charge in [-0.25, -0.2) is 0 Å². The Hall–Kier alpha value is -1.98. The molecule has 0 spiro atoms. The highest BCUT2D eigenvalue weighted by Gasteiger charge is 2.15. The van der Waals surface area contributed by atoms with E-state index in [0.29, 0.717) is 36.3 Å². The second-order valence-electron chi connectivity index (χ2n) is 5.02. The standard InChI is InChI=1S/C17H16ClNO3S/c18-14-9-12(10-15-17(14)22-7-2-6-21-15)11-19-16(20)5-4-13-3-1-8-23-13/h1,3-5,8-10H,2,6-7,11H2,(H,19,20)/b5-4+. The van der Waals surface area contributed by atoms with Crippen LogP contribution in [0, 0.1) is 0 Å². The smallest absolute Gasteiger partial charge is 0.244 e. The number of ether oxygens (including phenoxy) is 2. The lowest BCUT2D eigenvalue weighted by Gasteiger charge is -2.11. The molecule has 1 aliphatic heterocycles. The highest BCUT2D eigenvalue weighted by molar-refractivity contribution is 7.10. The molecule has 2 aromatic rings. The largest absolute Gasteiger partial charge is 0.489 e. The third kappa shape index (κ3) is 4.27. The molecular weight excluding hydrogens is 334 g/mol. The summed E-state index contributed by atoms with van der Waals surface area (Å²) in [6.45, 7) is 1.57. The molecule has 3 rings (SSSR count). The highest BCUT2D eigenvalue weighted by atomic mass is 35.5. The fourth-order valence-corrected chi connectivity index (χ4v) is 3.08. The minimum absolute atomic E-state index is 0.151. The average molecular weight is 350 g/mol. The molecule has 120 valence electrons. The lowest BCUT2D eigenvalue weighted by atomic mass is 10.2. The van der Waals surface area contributed by atoms with Crippen LogP contribution in [-0.4, -0.2) is 19.1 Å². The van der Waals surface area contributed by atoms with Gasteiger partial charge in [-0.05, 0) is 35.2 Å². The molecule has 0 aliphatic carbocycles. The third-order valence-electron chi connectivity index (χ3n) is 3.27. The Morgan fingerprint density at radius 1 is 1.35 bits per heavy atom. The number of thiophene rings is 1. The van der Waals surface area contributed by atoms with Crippen LogP contribution in [0.4, 0.5) is 0 Å². The van der Waals surface area contributed by atoms with Gasteiger partial charge < -0.3 is 14.8 Å². The molecule has 0 unspecified atom stereocenters. The van der Waals surface area contributed by atoms with Crippen LogP contribution in [0.1, 0.15) is 16.9 Å². The van der Waals surface area contributed by atoms with Crippen molar-refractivity contribution in [1.82, 2.24) is 5.32 Å². The number of fused-ring (bicyclic) bond motifs is 1. The second-order valence-corrected chi connectivity index (χ2v) is 6.41. The molecule has 6 heteroatoms. The van der Waals surface area contributed by atoms with Crippen LogP contribution < -0.4 is 14.8 Å². The highest BCUT2D eigenvalue weighted by Crippen LogP contribution is 2.37. The lowest BCUT2D eigenvalue weighted by Crippen LogP contribution is -2.20. The van der Waals surface area contributed by atoms with Crippen molar-refractivity contribution in [3.05, 3.63) is 51.2 Å². The topological polar surface area (TPSA) is 47.6 Å². The van der Waals surface area contributed by atoms with E-state index in [1.165, 1.54) is 6.08 Å². The van der Waals surface area contributed by atoms with Gasteiger partial charge in [0.15, 0.2) is 11.5 Å². The summed E-state index contributed by atoms with van der Waals surface area (Å²) in [5.74, 6) is 1.06. The van der Waals surface area contributed by atoms with E-state index in [4.69, 9.17) is 21.1 Å². The number of hydrogen-bond donors (Lipinski definition) is 1. The number of rotatable bonds is 4. The van der Waals surface area contributed by atoms with Crippen molar-refractivity contribution < 1.29 is 14.3 Å². The van der Waals surface area contributed by atoms with Gasteiger partial charge in [0.05, 0.1) is 18.2 Å². The van der Waals surface area contributed by atoms with Crippen LogP contribution in [0.25, 0.3) is 6.08 Å². The van der Waals surface area contributed by atoms with Gasteiger partial charge >= 0.3 is 0 Å². The van der Waals surface area contributed by atoms with E-state index in [9.17, 15) is 4.79 Å². The fourth-order valence-electron chi connectivity index (χ4n) is 2.18. The number of benzene rings is 1. The van der Waals surface area contributed by atoms with Gasteiger partial charge in [0.2, 0.25) is 5.91 Å². The SMILES string of the molecule is O=C(/C=C/c1cccs1)NCc1cc(Cl)c2c(c1)OCCCO2. The molecule has 2 heterocycles. The molecule has 0 saturated carbocycles. The summed E-state index contributed by atoms with van der Waals surface area (Å²) in [6, 6.07) is 7.55. The van der Waals surface area contributed by atoms with Crippen LogP contribution in [-0.2, 0) is 11.3 Å². The Bertz CT molecular complexity index is 713. The van der Waals surface area contributed by atoms with E-state index < -0.39 is 0 Å². The molecule has 0 bridgehead atoms. The molecule has 0 fully saturated rings. The minimum Gasteiger partial charge on any atom is -0.489 e. The monoisotopic (exact) mass is 349 g/mol. The molecule has 1 aliphatic rings. The van der Waals surface area contributed by atoms with Crippen LogP contribution in [0.15, 0.2) is 35.7 Å². The first-order valence-electron chi connectivity index (χ1n) is 7.30. The fraction of sp³-hybridized carbons (Fsp3) is 0.235. The predicted octanol–water partition coefficient (Wildman–Crippen LogP) is 3.89. The van der Waals surface area contributed by atoms with Crippen molar-refractivity contribution >= 4 is 34.9 Å². The molecular formula is C17H16ClNO3S. The first-order chi connectivity index (χ1) is 11.2. The van der Waals surface area contributed by atoms with E-state index in [0.717, 1.165) is 16.9 Å². The molecule has 0 saturated heterocycles. The number of hydrogen-bond acceptors (Lipinski definition) is 4. The minimum atomic E-state index is -0.151. The van der Waals surface area contributed by atoms with Crippen LogP contribution in [0.5, 0.6) is 11.5 Å².